The number of nitrogens with zero attached hydrogens (tertiary/aromatic N) is 3. The van der Waals surface area contributed by atoms with Crippen molar-refractivity contribution < 1.29 is 4.79 Å². The number of rotatable bonds is 4. The molecule has 0 saturated heterocycles. The monoisotopic (exact) mass is 313 g/mol. The third-order valence-electron chi connectivity index (χ3n) is 5.29. The number of para-hydroxylation sites is 2. The van der Waals surface area contributed by atoms with Crippen molar-refractivity contribution in [3.8, 4) is 0 Å². The van der Waals surface area contributed by atoms with E-state index in [4.69, 9.17) is 0 Å². The molecule has 23 heavy (non-hydrogen) atoms. The number of hydrogen-bond donors (Lipinski definition) is 0. The van der Waals surface area contributed by atoms with Crippen molar-refractivity contribution in [1.82, 2.24) is 14.0 Å². The van der Waals surface area contributed by atoms with Crippen LogP contribution in [0.1, 0.15) is 38.5 Å². The van der Waals surface area contributed by atoms with E-state index in [1.807, 2.05) is 24.3 Å². The van der Waals surface area contributed by atoms with Crippen molar-refractivity contribution in [1.29, 1.82) is 0 Å². The van der Waals surface area contributed by atoms with Crippen LogP contribution in [0.15, 0.2) is 29.1 Å². The quantitative estimate of drug-likeness (QED) is 0.869. The molecular formula is C18H23N3O2. The van der Waals surface area contributed by atoms with Gasteiger partial charge < -0.3 is 4.90 Å². The molecule has 1 amide bonds. The highest BCUT2D eigenvalue weighted by Crippen LogP contribution is 2.34. The molecule has 0 unspecified atom stereocenters. The summed E-state index contributed by atoms with van der Waals surface area (Å²) in [5.74, 6) is 0.109. The summed E-state index contributed by atoms with van der Waals surface area (Å²) in [4.78, 5) is 27.5. The average molecular weight is 313 g/mol. The number of amides is 1. The number of fused-ring (bicyclic) bond motifs is 1. The van der Waals surface area contributed by atoms with E-state index in [1.54, 1.807) is 16.2 Å². The third-order valence-corrected chi connectivity index (χ3v) is 5.29. The normalized spacial score (nSPS) is 18.7. The Morgan fingerprint density at radius 1 is 1.09 bits per heavy atom. The molecule has 2 saturated carbocycles. The van der Waals surface area contributed by atoms with Gasteiger partial charge in [0.05, 0.1) is 11.0 Å². The van der Waals surface area contributed by atoms with Gasteiger partial charge in [-0.05, 0) is 37.8 Å². The van der Waals surface area contributed by atoms with Crippen LogP contribution in [0.25, 0.3) is 11.0 Å². The van der Waals surface area contributed by atoms with Crippen LogP contribution in [-0.4, -0.2) is 32.0 Å². The molecule has 0 atom stereocenters. The standard InChI is InChI=1S/C18H23N3O2/c1-19-15-8-4-5-9-16(15)20(18(19)23)12-17(22)21(14-10-11-14)13-6-2-3-7-13/h4-5,8-9,13-14H,2-3,6-7,10-12H2,1H3. The fourth-order valence-corrected chi connectivity index (χ4v) is 3.97. The summed E-state index contributed by atoms with van der Waals surface area (Å²) in [6.45, 7) is 0.160. The molecule has 2 fully saturated rings. The van der Waals surface area contributed by atoms with E-state index >= 15 is 0 Å². The fraction of sp³-hybridized carbons (Fsp3) is 0.556. The summed E-state index contributed by atoms with van der Waals surface area (Å²) in [5, 5.41) is 0. The lowest BCUT2D eigenvalue weighted by atomic mass is 10.2. The first kappa shape index (κ1) is 14.5. The van der Waals surface area contributed by atoms with Gasteiger partial charge >= 0.3 is 5.69 Å². The van der Waals surface area contributed by atoms with E-state index in [0.717, 1.165) is 36.7 Å². The molecule has 0 bridgehead atoms. The Morgan fingerprint density at radius 2 is 1.70 bits per heavy atom. The highest BCUT2D eigenvalue weighted by Gasteiger charge is 2.38. The molecule has 122 valence electrons. The largest absolute Gasteiger partial charge is 0.335 e. The summed E-state index contributed by atoms with van der Waals surface area (Å²) in [7, 11) is 1.77. The summed E-state index contributed by atoms with van der Waals surface area (Å²) in [5.41, 5.74) is 1.61. The first-order valence-corrected chi connectivity index (χ1v) is 8.62. The molecular weight excluding hydrogens is 290 g/mol. The van der Waals surface area contributed by atoms with Crippen molar-refractivity contribution in [2.45, 2.75) is 57.2 Å². The average Bonchev–Trinajstić information content (AvgIpc) is 3.19. The van der Waals surface area contributed by atoms with Gasteiger partial charge in [-0.3, -0.25) is 13.9 Å². The van der Waals surface area contributed by atoms with Crippen molar-refractivity contribution in [3.05, 3.63) is 34.7 Å². The Balaban J connectivity index is 1.65. The molecule has 2 aliphatic carbocycles. The van der Waals surface area contributed by atoms with Crippen molar-refractivity contribution in [2.75, 3.05) is 0 Å². The van der Waals surface area contributed by atoms with Crippen LogP contribution in [0.5, 0.6) is 0 Å². The molecule has 5 heteroatoms. The summed E-state index contributed by atoms with van der Waals surface area (Å²) < 4.78 is 3.25. The second kappa shape index (κ2) is 5.55. The Morgan fingerprint density at radius 3 is 2.35 bits per heavy atom. The predicted octanol–water partition coefficient (Wildman–Crippen LogP) is 2.27. The highest BCUT2D eigenvalue weighted by atomic mass is 16.2. The minimum atomic E-state index is -0.110. The van der Waals surface area contributed by atoms with Crippen LogP contribution in [0.3, 0.4) is 0 Å². The molecule has 1 heterocycles. The zero-order chi connectivity index (χ0) is 16.0. The Hall–Kier alpha value is -2.04. The Labute approximate surface area is 135 Å². The number of aromatic nitrogens is 2. The Bertz CT molecular complexity index is 794. The van der Waals surface area contributed by atoms with E-state index in [2.05, 4.69) is 4.90 Å². The van der Waals surface area contributed by atoms with Gasteiger partial charge in [0.25, 0.3) is 0 Å². The van der Waals surface area contributed by atoms with Crippen LogP contribution in [-0.2, 0) is 18.4 Å². The van der Waals surface area contributed by atoms with E-state index in [0.29, 0.717) is 12.1 Å². The first-order chi connectivity index (χ1) is 11.2. The third kappa shape index (κ3) is 2.48. The zero-order valence-corrected chi connectivity index (χ0v) is 13.6. The molecule has 2 aliphatic rings. The first-order valence-electron chi connectivity index (χ1n) is 8.62. The minimum absolute atomic E-state index is 0.109. The van der Waals surface area contributed by atoms with Crippen LogP contribution in [0, 0.1) is 0 Å². The second-order valence-corrected chi connectivity index (χ2v) is 6.89. The molecule has 0 N–H and O–H groups in total. The van der Waals surface area contributed by atoms with Crippen LogP contribution >= 0.6 is 0 Å². The van der Waals surface area contributed by atoms with Crippen molar-refractivity contribution in [3.63, 3.8) is 0 Å². The lowest BCUT2D eigenvalue weighted by molar-refractivity contribution is -0.134. The predicted molar refractivity (Wildman–Crippen MR) is 89.3 cm³/mol. The summed E-state index contributed by atoms with van der Waals surface area (Å²) in [6.07, 6.45) is 6.91. The molecule has 5 nitrogen and oxygen atoms in total. The SMILES string of the molecule is Cn1c(=O)n(CC(=O)N(C2CCCC2)C2CC2)c2ccccc21. The number of carbonyl (C=O) groups is 1. The summed E-state index contributed by atoms with van der Waals surface area (Å²) in [6, 6.07) is 8.48. The van der Waals surface area contributed by atoms with Crippen molar-refractivity contribution in [2.24, 2.45) is 7.05 Å². The van der Waals surface area contributed by atoms with E-state index < -0.39 is 0 Å². The lowest BCUT2D eigenvalue weighted by Crippen LogP contribution is -2.43. The van der Waals surface area contributed by atoms with Crippen molar-refractivity contribution >= 4 is 16.9 Å². The van der Waals surface area contributed by atoms with Crippen LogP contribution in [0.4, 0.5) is 0 Å². The van der Waals surface area contributed by atoms with E-state index in [9.17, 15) is 9.59 Å². The number of carbonyl (C=O) groups excluding carboxylic acids is 1. The topological polar surface area (TPSA) is 47.2 Å². The molecule has 4 rings (SSSR count). The molecule has 0 radical (unpaired) electrons. The number of imidazole rings is 1. The Kier molecular flexibility index (Phi) is 3.51. The van der Waals surface area contributed by atoms with Crippen LogP contribution < -0.4 is 5.69 Å². The molecule has 0 spiro atoms. The minimum Gasteiger partial charge on any atom is -0.335 e. The maximum Gasteiger partial charge on any atom is 0.329 e. The van der Waals surface area contributed by atoms with E-state index in [1.165, 1.54) is 12.8 Å². The van der Waals surface area contributed by atoms with E-state index in [-0.39, 0.29) is 18.1 Å². The van der Waals surface area contributed by atoms with Gasteiger partial charge in [-0.15, -0.1) is 0 Å². The number of benzene rings is 1. The molecule has 1 aromatic heterocycles. The lowest BCUT2D eigenvalue weighted by Gasteiger charge is -2.29. The number of hydrogen-bond acceptors (Lipinski definition) is 2. The van der Waals surface area contributed by atoms with Gasteiger partial charge in [-0.1, -0.05) is 25.0 Å². The number of aryl methyl sites for hydroxylation is 1. The maximum absolute atomic E-state index is 12.9. The van der Waals surface area contributed by atoms with Gasteiger partial charge in [-0.2, -0.15) is 0 Å². The van der Waals surface area contributed by atoms with Gasteiger partial charge in [0.1, 0.15) is 6.54 Å². The zero-order valence-electron chi connectivity index (χ0n) is 13.6. The molecule has 2 aromatic rings. The summed E-state index contributed by atoms with van der Waals surface area (Å²) >= 11 is 0. The smallest absolute Gasteiger partial charge is 0.329 e. The molecule has 0 aliphatic heterocycles. The van der Waals surface area contributed by atoms with Gasteiger partial charge in [0.15, 0.2) is 0 Å². The van der Waals surface area contributed by atoms with Gasteiger partial charge in [-0.25, -0.2) is 4.79 Å². The fourth-order valence-electron chi connectivity index (χ4n) is 3.97. The van der Waals surface area contributed by atoms with Gasteiger partial charge in [0.2, 0.25) is 5.91 Å². The maximum atomic E-state index is 12.9. The van der Waals surface area contributed by atoms with Gasteiger partial charge in [0, 0.05) is 19.1 Å². The van der Waals surface area contributed by atoms with Crippen LogP contribution in [0.2, 0.25) is 0 Å². The second-order valence-electron chi connectivity index (χ2n) is 6.89. The molecule has 1 aromatic carbocycles. The highest BCUT2D eigenvalue weighted by molar-refractivity contribution is 5.81.